The molecular weight excluding hydrogens is 331 g/mol. The van der Waals surface area contributed by atoms with Crippen LogP contribution in [0.15, 0.2) is 18.2 Å². The molecule has 0 amide bonds. The average Bonchev–Trinajstić information content (AvgIpc) is 2.26. The maximum Gasteiger partial charge on any atom is 0.416 e. The molecule has 0 fully saturated rings. The van der Waals surface area contributed by atoms with E-state index in [1.165, 1.54) is 0 Å². The monoisotopic (exact) mass is 341 g/mol. The van der Waals surface area contributed by atoms with E-state index in [-0.39, 0.29) is 18.5 Å². The van der Waals surface area contributed by atoms with E-state index < -0.39 is 47.9 Å². The summed E-state index contributed by atoms with van der Waals surface area (Å²) in [7, 11) is 0. The van der Waals surface area contributed by atoms with Gasteiger partial charge in [-0.25, -0.2) is 4.39 Å². The van der Waals surface area contributed by atoms with E-state index in [0.717, 1.165) is 0 Å². The van der Waals surface area contributed by atoms with Crippen molar-refractivity contribution >= 4 is 12.4 Å². The molecule has 21 heavy (non-hydrogen) atoms. The van der Waals surface area contributed by atoms with Crippen molar-refractivity contribution in [1.29, 1.82) is 0 Å². The van der Waals surface area contributed by atoms with Crippen LogP contribution in [0.3, 0.4) is 0 Å². The van der Waals surface area contributed by atoms with Crippen molar-refractivity contribution in [2.45, 2.75) is 30.9 Å². The van der Waals surface area contributed by atoms with Crippen molar-refractivity contribution < 1.29 is 35.8 Å². The number of alkyl halides is 6. The Hall–Kier alpha value is -1.06. The molecule has 1 rings (SSSR count). The second kappa shape index (κ2) is 6.80. The highest BCUT2D eigenvalue weighted by Gasteiger charge is 2.39. The normalized spacial score (nSPS) is 15.3. The van der Waals surface area contributed by atoms with Gasteiger partial charge in [0.2, 0.25) is 0 Å². The lowest BCUT2D eigenvalue weighted by Gasteiger charge is -2.20. The minimum absolute atomic E-state index is 0. The number of rotatable bonds is 3. The topological polar surface area (TPSA) is 46.2 Å². The lowest BCUT2D eigenvalue weighted by atomic mass is 9.99. The maximum atomic E-state index is 13.3. The molecule has 122 valence electrons. The summed E-state index contributed by atoms with van der Waals surface area (Å²) in [5.74, 6) is -1.24. The highest BCUT2D eigenvalue weighted by Crippen LogP contribution is 2.33. The Kier molecular flexibility index (Phi) is 6.46. The molecule has 2 atom stereocenters. The van der Waals surface area contributed by atoms with Gasteiger partial charge in [-0.05, 0) is 18.2 Å². The van der Waals surface area contributed by atoms with Gasteiger partial charge in [0, 0.05) is 12.0 Å². The molecule has 10 heteroatoms. The molecule has 0 aliphatic heterocycles. The third kappa shape index (κ3) is 5.33. The maximum absolute atomic E-state index is 13.3. The lowest BCUT2D eigenvalue weighted by molar-refractivity contribution is -0.154. The van der Waals surface area contributed by atoms with Crippen molar-refractivity contribution in [3.8, 4) is 0 Å². The molecule has 0 aliphatic rings. The number of hydrogen-bond acceptors (Lipinski definition) is 2. The lowest BCUT2D eigenvalue weighted by Crippen LogP contribution is -2.38. The van der Waals surface area contributed by atoms with Gasteiger partial charge in [-0.1, -0.05) is 0 Å². The third-order valence-electron chi connectivity index (χ3n) is 2.58. The van der Waals surface area contributed by atoms with Crippen LogP contribution in [-0.4, -0.2) is 17.3 Å². The van der Waals surface area contributed by atoms with Crippen LogP contribution in [0, 0.1) is 5.82 Å². The molecule has 0 aromatic heterocycles. The van der Waals surface area contributed by atoms with Gasteiger partial charge in [-0.15, -0.1) is 12.4 Å². The van der Waals surface area contributed by atoms with E-state index in [2.05, 4.69) is 0 Å². The third-order valence-corrected chi connectivity index (χ3v) is 2.58. The highest BCUT2D eigenvalue weighted by atomic mass is 35.5. The zero-order valence-electron chi connectivity index (χ0n) is 10.2. The Morgan fingerprint density at radius 1 is 1.10 bits per heavy atom. The molecule has 0 unspecified atom stereocenters. The fourth-order valence-corrected chi connectivity index (χ4v) is 1.48. The number of nitrogens with two attached hydrogens (primary N) is 1. The van der Waals surface area contributed by atoms with E-state index >= 15 is 0 Å². The van der Waals surface area contributed by atoms with Crippen LogP contribution in [0.1, 0.15) is 23.7 Å². The summed E-state index contributed by atoms with van der Waals surface area (Å²) in [5, 5.41) is 9.44. The van der Waals surface area contributed by atoms with E-state index in [1.807, 2.05) is 0 Å². The van der Waals surface area contributed by atoms with Gasteiger partial charge in [0.1, 0.15) is 11.9 Å². The van der Waals surface area contributed by atoms with Gasteiger partial charge in [0.25, 0.3) is 0 Å². The summed E-state index contributed by atoms with van der Waals surface area (Å²) in [6, 6.07) is -1.34. The predicted molar refractivity (Wildman–Crippen MR) is 62.3 cm³/mol. The molecule has 0 bridgehead atoms. The Bertz CT molecular complexity index is 475. The van der Waals surface area contributed by atoms with E-state index in [4.69, 9.17) is 5.73 Å². The Balaban J connectivity index is 0.00000400. The number of benzene rings is 1. The molecule has 2 nitrogen and oxygen atoms in total. The van der Waals surface area contributed by atoms with Crippen LogP contribution in [0.4, 0.5) is 30.7 Å². The Morgan fingerprint density at radius 2 is 1.62 bits per heavy atom. The van der Waals surface area contributed by atoms with Gasteiger partial charge in [-0.2, -0.15) is 26.3 Å². The number of aliphatic hydroxyl groups is 1. The van der Waals surface area contributed by atoms with E-state index in [0.29, 0.717) is 12.1 Å². The minimum atomic E-state index is -4.83. The predicted octanol–water partition coefficient (Wildman–Crippen LogP) is 3.58. The number of halogens is 8. The quantitative estimate of drug-likeness (QED) is 0.826. The summed E-state index contributed by atoms with van der Waals surface area (Å²) in [5.41, 5.74) is 2.59. The Labute approximate surface area is 121 Å². The van der Waals surface area contributed by atoms with Crippen LogP contribution in [0.25, 0.3) is 0 Å². The van der Waals surface area contributed by atoms with Crippen LogP contribution < -0.4 is 5.73 Å². The Morgan fingerprint density at radius 3 is 2.05 bits per heavy atom. The first kappa shape index (κ1) is 19.9. The first-order chi connectivity index (χ1) is 8.93. The zero-order chi connectivity index (χ0) is 15.7. The molecule has 1 aromatic carbocycles. The van der Waals surface area contributed by atoms with Crippen LogP contribution in [0.2, 0.25) is 0 Å². The average molecular weight is 342 g/mol. The first-order valence-corrected chi connectivity index (χ1v) is 5.30. The number of hydrogen-bond donors (Lipinski definition) is 2. The minimum Gasteiger partial charge on any atom is -0.388 e. The molecule has 0 spiro atoms. The summed E-state index contributed by atoms with van der Waals surface area (Å²) in [4.78, 5) is 0. The highest BCUT2D eigenvalue weighted by molar-refractivity contribution is 5.85. The summed E-state index contributed by atoms with van der Waals surface area (Å²) in [6.07, 6.45) is -12.9. The molecule has 0 aliphatic carbocycles. The van der Waals surface area contributed by atoms with Crippen molar-refractivity contribution in [2.24, 2.45) is 5.73 Å². The van der Waals surface area contributed by atoms with Crippen LogP contribution in [-0.2, 0) is 6.18 Å². The first-order valence-electron chi connectivity index (χ1n) is 5.30. The fourth-order valence-electron chi connectivity index (χ4n) is 1.48. The zero-order valence-corrected chi connectivity index (χ0v) is 11.0. The van der Waals surface area contributed by atoms with Crippen molar-refractivity contribution in [1.82, 2.24) is 0 Å². The van der Waals surface area contributed by atoms with Crippen LogP contribution in [0.5, 0.6) is 0 Å². The van der Waals surface area contributed by atoms with Gasteiger partial charge < -0.3 is 10.8 Å². The van der Waals surface area contributed by atoms with Gasteiger partial charge >= 0.3 is 12.4 Å². The van der Waals surface area contributed by atoms with Gasteiger partial charge in [0.05, 0.1) is 11.7 Å². The van der Waals surface area contributed by atoms with Crippen LogP contribution >= 0.6 is 12.4 Å². The summed E-state index contributed by atoms with van der Waals surface area (Å²) >= 11 is 0. The smallest absolute Gasteiger partial charge is 0.388 e. The second-order valence-corrected chi connectivity index (χ2v) is 4.13. The van der Waals surface area contributed by atoms with Gasteiger partial charge in [-0.3, -0.25) is 0 Å². The standard InChI is InChI=1S/C11H10F7NO.ClH/c12-7-2-1-5(10(13,14)15)3-6(7)8(20)4-9(19)11(16,17)18;/h1-3,8-9,20H,4,19H2;1H/t8-,9-;/m1./s1. The molecule has 3 N–H and O–H groups in total. The SMILES string of the molecule is Cl.N[C@H](C[C@@H](O)c1cc(C(F)(F)F)ccc1F)C(F)(F)F. The van der Waals surface area contributed by atoms with Crippen molar-refractivity contribution in [3.05, 3.63) is 35.1 Å². The van der Waals surface area contributed by atoms with Gasteiger partial charge in [0.15, 0.2) is 0 Å². The molecule has 0 saturated carbocycles. The van der Waals surface area contributed by atoms with E-state index in [9.17, 15) is 35.8 Å². The van der Waals surface area contributed by atoms with E-state index in [1.54, 1.807) is 0 Å². The van der Waals surface area contributed by atoms with Crippen molar-refractivity contribution in [3.63, 3.8) is 0 Å². The second-order valence-electron chi connectivity index (χ2n) is 4.13. The molecule has 0 heterocycles. The summed E-state index contributed by atoms with van der Waals surface area (Å²) in [6.45, 7) is 0. The molecule has 0 radical (unpaired) electrons. The number of aliphatic hydroxyl groups excluding tert-OH is 1. The molecule has 1 aromatic rings. The van der Waals surface area contributed by atoms with Crippen molar-refractivity contribution in [2.75, 3.05) is 0 Å². The molecular formula is C11H11ClF7NO. The summed E-state index contributed by atoms with van der Waals surface area (Å²) < 4.78 is 87.1. The largest absolute Gasteiger partial charge is 0.416 e. The molecule has 0 saturated heterocycles. The fraction of sp³-hybridized carbons (Fsp3) is 0.455.